The number of aliphatic hydroxyl groups excluding tert-OH is 2. The lowest BCUT2D eigenvalue weighted by molar-refractivity contribution is -0.330. The Hall–Kier alpha value is -3.29. The van der Waals surface area contributed by atoms with Gasteiger partial charge in [0, 0.05) is 56.5 Å². The summed E-state index contributed by atoms with van der Waals surface area (Å²) in [5.41, 5.74) is 1.74. The van der Waals surface area contributed by atoms with Crippen LogP contribution in [-0.4, -0.2) is 97.0 Å². The first-order valence-corrected chi connectivity index (χ1v) is 17.1. The van der Waals surface area contributed by atoms with E-state index in [1.807, 2.05) is 46.8 Å². The Morgan fingerprint density at radius 1 is 1.08 bits per heavy atom. The molecule has 0 saturated carbocycles. The molecule has 0 bridgehead atoms. The first kappa shape index (κ1) is 42.9. The normalized spacial score (nSPS) is 37.5. The van der Waals surface area contributed by atoms with E-state index in [-0.39, 0.29) is 29.9 Å². The van der Waals surface area contributed by atoms with Crippen LogP contribution in [0.1, 0.15) is 68.2 Å². The molecule has 1 saturated heterocycles. The van der Waals surface area contributed by atoms with Gasteiger partial charge in [-0.1, -0.05) is 70.1 Å². The van der Waals surface area contributed by atoms with Crippen molar-refractivity contribution in [2.75, 3.05) is 21.3 Å². The number of esters is 2. The zero-order valence-corrected chi connectivity index (χ0v) is 31.3. The van der Waals surface area contributed by atoms with Gasteiger partial charge in [-0.05, 0) is 39.2 Å². The molecule has 0 aliphatic carbocycles. The van der Waals surface area contributed by atoms with Gasteiger partial charge >= 0.3 is 17.9 Å². The maximum Gasteiger partial charge on any atom is 0.373 e. The van der Waals surface area contributed by atoms with Gasteiger partial charge in [-0.2, -0.15) is 0 Å². The monoisotopic (exact) mass is 706 g/mol. The number of allylic oxidation sites excluding steroid dienone is 5. The molecule has 2 heterocycles. The molecule has 0 aromatic rings. The number of ether oxygens (including phenoxy) is 6. The van der Waals surface area contributed by atoms with Crippen molar-refractivity contribution in [3.8, 4) is 0 Å². The Morgan fingerprint density at radius 2 is 1.74 bits per heavy atom. The topological polar surface area (TPSA) is 167 Å². The smallest absolute Gasteiger partial charge is 0.373 e. The average Bonchev–Trinajstić information content (AvgIpc) is 3.07. The standard InChI is InChI=1S/C38H58O12/c1-21-13-12-14-29(45-9)36(49-37(44)30(46-10)19-22(2)18-24(4)34(42)23(3)17-21)26(6)35(43)27(7)38(47-11)20-31(25(5)28(8)50-38)48-33(41)16-15-32(39)40/h12-16,18-19,23-29,31,34-36,42-43H,17,20H2,1-11H3,(H,39,40)/b14-12+,16-15+,21-13+,22-18+,30-19+. The third-order valence-corrected chi connectivity index (χ3v) is 10.0. The van der Waals surface area contributed by atoms with Crippen LogP contribution in [0.4, 0.5) is 0 Å². The number of rotatable bonds is 10. The van der Waals surface area contributed by atoms with E-state index in [1.54, 1.807) is 39.0 Å². The number of carbonyl (C=O) groups excluding carboxylic acids is 2. The summed E-state index contributed by atoms with van der Waals surface area (Å²) in [6, 6.07) is 0. The minimum Gasteiger partial charge on any atom is -0.490 e. The second kappa shape index (κ2) is 19.4. The molecule has 12 unspecified atom stereocenters. The van der Waals surface area contributed by atoms with E-state index < -0.39 is 72.2 Å². The van der Waals surface area contributed by atoms with E-state index in [2.05, 4.69) is 0 Å². The molecule has 12 heteroatoms. The highest BCUT2D eigenvalue weighted by molar-refractivity contribution is 5.90. The third kappa shape index (κ3) is 11.4. The van der Waals surface area contributed by atoms with Crippen LogP contribution >= 0.6 is 0 Å². The van der Waals surface area contributed by atoms with Gasteiger partial charge in [0.2, 0.25) is 5.76 Å². The Labute approximate surface area is 296 Å². The van der Waals surface area contributed by atoms with Crippen LogP contribution in [0.15, 0.2) is 59.4 Å². The van der Waals surface area contributed by atoms with E-state index in [0.717, 1.165) is 11.6 Å². The summed E-state index contributed by atoms with van der Waals surface area (Å²) in [6.45, 7) is 14.8. The van der Waals surface area contributed by atoms with Crippen molar-refractivity contribution < 1.29 is 58.1 Å². The van der Waals surface area contributed by atoms with Gasteiger partial charge in [-0.25, -0.2) is 14.4 Å². The molecule has 2 aliphatic rings. The van der Waals surface area contributed by atoms with Crippen molar-refractivity contribution >= 4 is 17.9 Å². The molecule has 282 valence electrons. The quantitative estimate of drug-likeness (QED) is 0.208. The number of methoxy groups -OCH3 is 3. The number of hydrogen-bond donors (Lipinski definition) is 3. The summed E-state index contributed by atoms with van der Waals surface area (Å²) in [5.74, 6) is -6.40. The molecule has 2 rings (SSSR count). The molecular weight excluding hydrogens is 648 g/mol. The maximum atomic E-state index is 13.6. The van der Waals surface area contributed by atoms with Gasteiger partial charge in [0.1, 0.15) is 18.3 Å². The first-order chi connectivity index (χ1) is 23.4. The van der Waals surface area contributed by atoms with Crippen molar-refractivity contribution in [3.63, 3.8) is 0 Å². The predicted octanol–water partition coefficient (Wildman–Crippen LogP) is 4.90. The molecule has 0 spiro atoms. The average molecular weight is 707 g/mol. The van der Waals surface area contributed by atoms with E-state index in [4.69, 9.17) is 33.5 Å². The largest absolute Gasteiger partial charge is 0.490 e. The van der Waals surface area contributed by atoms with Crippen LogP contribution in [0.3, 0.4) is 0 Å². The zero-order valence-electron chi connectivity index (χ0n) is 31.3. The van der Waals surface area contributed by atoms with Crippen LogP contribution in [0.25, 0.3) is 0 Å². The molecule has 2 aliphatic heterocycles. The molecule has 0 aromatic heterocycles. The van der Waals surface area contributed by atoms with Crippen LogP contribution < -0.4 is 0 Å². The van der Waals surface area contributed by atoms with Crippen molar-refractivity contribution in [2.45, 2.75) is 111 Å². The summed E-state index contributed by atoms with van der Waals surface area (Å²) in [7, 11) is 4.28. The SMILES string of the molecule is CO/C1=C/C(C)=C/C(C)C(O)C(C)C/C(C)=C/C=C/C(OC)C(C(C)C(O)C(C)C2(OC)CC(OC(=O)/C=C/C(=O)O)C(C)C(C)O2)OC1=O. The van der Waals surface area contributed by atoms with Gasteiger partial charge in [0.15, 0.2) is 5.79 Å². The Balaban J connectivity index is 2.54. The van der Waals surface area contributed by atoms with Gasteiger partial charge in [0.05, 0.1) is 25.4 Å². The number of aliphatic carboxylic acids is 1. The van der Waals surface area contributed by atoms with Crippen LogP contribution in [-0.2, 0) is 42.8 Å². The molecule has 0 amide bonds. The van der Waals surface area contributed by atoms with E-state index >= 15 is 0 Å². The fourth-order valence-corrected chi connectivity index (χ4v) is 6.73. The summed E-state index contributed by atoms with van der Waals surface area (Å²) in [4.78, 5) is 37.0. The molecule has 1 fully saturated rings. The highest BCUT2D eigenvalue weighted by Crippen LogP contribution is 2.43. The van der Waals surface area contributed by atoms with E-state index in [9.17, 15) is 24.6 Å². The number of carboxylic acids is 1. The third-order valence-electron chi connectivity index (χ3n) is 10.0. The molecule has 3 N–H and O–H groups in total. The molecule has 0 aromatic carbocycles. The number of carbonyl (C=O) groups is 3. The first-order valence-electron chi connectivity index (χ1n) is 17.1. The number of carboxylic acid groups (broad SMARTS) is 1. The molecule has 12 atom stereocenters. The van der Waals surface area contributed by atoms with Crippen molar-refractivity contribution in [1.82, 2.24) is 0 Å². The summed E-state index contributed by atoms with van der Waals surface area (Å²) in [6.07, 6.45) is 6.32. The molecule has 50 heavy (non-hydrogen) atoms. The van der Waals surface area contributed by atoms with Crippen LogP contribution in [0.2, 0.25) is 0 Å². The highest BCUT2D eigenvalue weighted by Gasteiger charge is 2.53. The molecule has 0 radical (unpaired) electrons. The Morgan fingerprint density at radius 3 is 2.32 bits per heavy atom. The molecule has 12 nitrogen and oxygen atoms in total. The number of hydrogen-bond acceptors (Lipinski definition) is 11. The van der Waals surface area contributed by atoms with Gasteiger partial charge in [0.25, 0.3) is 0 Å². The van der Waals surface area contributed by atoms with E-state index in [0.29, 0.717) is 18.1 Å². The fraction of sp³-hybridized carbons (Fsp3) is 0.658. The maximum absolute atomic E-state index is 13.6. The second-order valence-corrected chi connectivity index (χ2v) is 13.8. The minimum atomic E-state index is -1.43. The number of cyclic esters (lactones) is 1. The second-order valence-electron chi connectivity index (χ2n) is 13.8. The van der Waals surface area contributed by atoms with E-state index in [1.165, 1.54) is 21.3 Å². The van der Waals surface area contributed by atoms with Gasteiger partial charge in [-0.15, -0.1) is 0 Å². The van der Waals surface area contributed by atoms with Crippen LogP contribution in [0.5, 0.6) is 0 Å². The van der Waals surface area contributed by atoms with Crippen LogP contribution in [0, 0.1) is 29.6 Å². The lowest BCUT2D eigenvalue weighted by Crippen LogP contribution is -2.59. The Kier molecular flexibility index (Phi) is 16.6. The summed E-state index contributed by atoms with van der Waals surface area (Å²) >= 11 is 0. The number of aliphatic hydroxyl groups is 2. The lowest BCUT2D eigenvalue weighted by Gasteiger charge is -2.50. The predicted molar refractivity (Wildman–Crippen MR) is 186 cm³/mol. The van der Waals surface area contributed by atoms with Crippen molar-refractivity contribution in [2.24, 2.45) is 29.6 Å². The van der Waals surface area contributed by atoms with Crippen molar-refractivity contribution in [1.29, 1.82) is 0 Å². The zero-order chi connectivity index (χ0) is 37.9. The highest BCUT2D eigenvalue weighted by atomic mass is 16.7. The van der Waals surface area contributed by atoms with Gasteiger partial charge < -0.3 is 43.7 Å². The lowest BCUT2D eigenvalue weighted by atomic mass is 9.77. The Bertz CT molecular complexity index is 1310. The van der Waals surface area contributed by atoms with Crippen molar-refractivity contribution in [3.05, 3.63) is 59.4 Å². The summed E-state index contributed by atoms with van der Waals surface area (Å²) in [5, 5.41) is 31.8. The minimum absolute atomic E-state index is 0.0322. The fourth-order valence-electron chi connectivity index (χ4n) is 6.73. The molecular formula is C38H58O12. The summed E-state index contributed by atoms with van der Waals surface area (Å²) < 4.78 is 35.3. The van der Waals surface area contributed by atoms with Gasteiger partial charge in [-0.3, -0.25) is 0 Å².